The molecule has 346 valence electrons. The van der Waals surface area contributed by atoms with Gasteiger partial charge in [0.25, 0.3) is 0 Å². The molecular weight excluding hydrogens is 813 g/mol. The summed E-state index contributed by atoms with van der Waals surface area (Å²) in [6, 6.07) is 17.5. The van der Waals surface area contributed by atoms with Crippen molar-refractivity contribution in [1.29, 1.82) is 0 Å². The number of aliphatic hydroxyl groups is 2. The first kappa shape index (κ1) is 48.0. The van der Waals surface area contributed by atoms with Crippen molar-refractivity contribution in [3.8, 4) is 23.3 Å². The normalized spacial score (nSPS) is 25.3. The van der Waals surface area contributed by atoms with Crippen molar-refractivity contribution < 1.29 is 29.6 Å². The number of phenolic OH excluding ortho intramolecular Hbond substituents is 1. The zero-order valence-electron chi connectivity index (χ0n) is 39.0. The van der Waals surface area contributed by atoms with E-state index in [2.05, 4.69) is 42.1 Å². The lowest BCUT2D eigenvalue weighted by molar-refractivity contribution is -0.130. The van der Waals surface area contributed by atoms with Gasteiger partial charge < -0.3 is 31.1 Å². The number of allylic oxidation sites excluding steroid dienone is 1. The minimum absolute atomic E-state index is 0.0121. The van der Waals surface area contributed by atoms with E-state index in [9.17, 15) is 24.9 Å². The average molecular weight is 884 g/mol. The fourth-order valence-electron chi connectivity index (χ4n) is 11.6. The molecule has 0 bridgehead atoms. The first-order chi connectivity index (χ1) is 31.4. The number of aliphatic hydroxyl groups excluding tert-OH is 2. The van der Waals surface area contributed by atoms with Gasteiger partial charge in [0.1, 0.15) is 41.0 Å². The highest BCUT2D eigenvalue weighted by molar-refractivity contribution is 6.00. The number of ether oxygens (including phenoxy) is 1. The molecule has 65 heavy (non-hydrogen) atoms. The molecule has 0 spiro atoms. The van der Waals surface area contributed by atoms with Crippen LogP contribution in [-0.4, -0.2) is 70.5 Å². The lowest BCUT2D eigenvalue weighted by atomic mass is 9.61. The van der Waals surface area contributed by atoms with Crippen molar-refractivity contribution in [3.05, 3.63) is 101 Å². The lowest BCUT2D eigenvalue weighted by Gasteiger charge is -2.43. The summed E-state index contributed by atoms with van der Waals surface area (Å²) in [5, 5.41) is 37.6. The molecule has 0 unspecified atom stereocenters. The van der Waals surface area contributed by atoms with Gasteiger partial charge in [0.2, 0.25) is 0 Å². The molecule has 2 fully saturated rings. The number of carbonyl (C=O) groups is 2. The van der Waals surface area contributed by atoms with Crippen molar-refractivity contribution in [2.75, 3.05) is 25.9 Å². The quantitative estimate of drug-likeness (QED) is 0.0570. The number of benzene rings is 2. The van der Waals surface area contributed by atoms with Crippen molar-refractivity contribution >= 4 is 23.6 Å². The summed E-state index contributed by atoms with van der Waals surface area (Å²) in [4.78, 5) is 38.2. The van der Waals surface area contributed by atoms with Crippen LogP contribution in [0.25, 0.3) is 0 Å². The predicted molar refractivity (Wildman–Crippen MR) is 257 cm³/mol. The molecule has 2 heterocycles. The fraction of sp³-hybridized carbons (Fsp3) is 0.545. The van der Waals surface area contributed by atoms with Crippen LogP contribution in [0.4, 0.5) is 5.82 Å². The van der Waals surface area contributed by atoms with Crippen LogP contribution >= 0.6 is 0 Å². The van der Waals surface area contributed by atoms with Crippen molar-refractivity contribution in [3.63, 3.8) is 0 Å². The maximum absolute atomic E-state index is 14.9. The number of nitrogens with zero attached hydrogens (tertiary/aromatic N) is 2. The molecular formula is C55H71N4O6+. The Labute approximate surface area is 387 Å². The second kappa shape index (κ2) is 22.0. The number of phenols is 1. The van der Waals surface area contributed by atoms with Gasteiger partial charge in [-0.3, -0.25) is 9.59 Å². The Bertz CT molecular complexity index is 2220. The highest BCUT2D eigenvalue weighted by atomic mass is 16.5. The number of aromatic nitrogens is 1. The molecule has 1 aromatic heterocycles. The SMILES string of the molecule is CCC[C@@H]([C@@H]1C[C@H](Cc2ccnc(N)c2)C[C@@H]2C#C[C@H](c3ccccc3)c3cc(O)c(OC)cc3CCC(=O)CC(=O)[C@@H]2C1)[C@H](O)C1(C2=C[C+]([C@H](C)CNC[C@H](C)O)C=N2)CCCCC1. The third-order valence-corrected chi connectivity index (χ3v) is 15.0. The summed E-state index contributed by atoms with van der Waals surface area (Å²) in [6.07, 6.45) is 14.4. The van der Waals surface area contributed by atoms with Gasteiger partial charge in [-0.2, -0.15) is 0 Å². The number of aryl methyl sites for hydroxylation is 1. The number of Topliss-reactive ketones (excluding diaryl/α,β-unsaturated/α-hetero) is 2. The van der Waals surface area contributed by atoms with Crippen LogP contribution in [0.15, 0.2) is 77.6 Å². The van der Waals surface area contributed by atoms with Gasteiger partial charge >= 0.3 is 0 Å². The van der Waals surface area contributed by atoms with Gasteiger partial charge in [-0.05, 0) is 129 Å². The van der Waals surface area contributed by atoms with Crippen LogP contribution in [0.1, 0.15) is 126 Å². The maximum Gasteiger partial charge on any atom is 0.183 e. The van der Waals surface area contributed by atoms with E-state index in [-0.39, 0.29) is 59.7 Å². The van der Waals surface area contributed by atoms with E-state index in [0.717, 1.165) is 85.2 Å². The average Bonchev–Trinajstić information content (AvgIpc) is 3.73. The number of nitrogen functional groups attached to an aromatic ring is 1. The molecule has 1 aliphatic heterocycles. The number of ketones is 2. The number of hydrogen-bond donors (Lipinski definition) is 5. The molecule has 3 aliphatic carbocycles. The first-order valence-corrected chi connectivity index (χ1v) is 24.3. The Kier molecular flexibility index (Phi) is 16.3. The number of hydrogen-bond acceptors (Lipinski definition) is 10. The highest BCUT2D eigenvalue weighted by Crippen LogP contribution is 2.53. The molecule has 6 N–H and O–H groups in total. The van der Waals surface area contributed by atoms with Gasteiger partial charge in [-0.1, -0.05) is 74.8 Å². The molecule has 0 saturated heterocycles. The standard InChI is InChI=1S/C55H70N4O6/c1-5-12-46(54(64)55(20-10-7-11-21-55)52-29-43(34-59-52)35(2)32-57-33-36(3)60)42-25-38(23-37-19-22-58-53(56)26-37)24-40-16-18-45(39-13-8-6-9-14-39)47-31-50(63)51(65-4)28-41(47)15-17-44(61)30-49(62)48(40)27-42/h6,8-9,13-14,19,22,26,28-29,31,34-36,38,40,42,45-46,48,54,57,60,64H,5,7,10-12,15,17,20-21,23-25,27,30,32-33H2,1-4H3,(H2-,56,58,63)/p+1/t35-,36+,38-,40+,42-,45-,46+,48-,54+/m1/s1. The van der Waals surface area contributed by atoms with Crippen LogP contribution in [0.3, 0.4) is 0 Å². The Morgan fingerprint density at radius 3 is 2.49 bits per heavy atom. The third-order valence-electron chi connectivity index (χ3n) is 15.0. The molecule has 10 heteroatoms. The Hall–Kier alpha value is -4.95. The van der Waals surface area contributed by atoms with Crippen LogP contribution in [0, 0.1) is 58.7 Å². The number of carbonyl (C=O) groups excluding carboxylic acids is 2. The smallest absolute Gasteiger partial charge is 0.183 e. The fourth-order valence-corrected chi connectivity index (χ4v) is 11.6. The number of rotatable bonds is 15. The molecule has 3 aromatic rings. The summed E-state index contributed by atoms with van der Waals surface area (Å²) < 4.78 is 5.52. The van der Waals surface area contributed by atoms with Gasteiger partial charge in [0.15, 0.2) is 17.2 Å². The number of nitrogens with two attached hydrogens (primary N) is 1. The maximum atomic E-state index is 14.9. The number of nitrogens with one attached hydrogen (secondary N) is 1. The van der Waals surface area contributed by atoms with Crippen LogP contribution in [-0.2, 0) is 22.4 Å². The second-order valence-electron chi connectivity index (χ2n) is 19.7. The summed E-state index contributed by atoms with van der Waals surface area (Å²) in [6.45, 7) is 7.38. The van der Waals surface area contributed by atoms with Crippen molar-refractivity contribution in [2.45, 2.75) is 129 Å². The Morgan fingerprint density at radius 1 is 0.985 bits per heavy atom. The summed E-state index contributed by atoms with van der Waals surface area (Å²) >= 11 is 0. The number of methoxy groups -OCH3 is 1. The van der Waals surface area contributed by atoms with E-state index >= 15 is 0 Å². The highest BCUT2D eigenvalue weighted by Gasteiger charge is 2.54. The van der Waals surface area contributed by atoms with E-state index in [4.69, 9.17) is 15.5 Å². The largest absolute Gasteiger partial charge is 0.504 e. The topological polar surface area (TPSA) is 167 Å². The Morgan fingerprint density at radius 2 is 1.77 bits per heavy atom. The predicted octanol–water partition coefficient (Wildman–Crippen LogP) is 8.76. The lowest BCUT2D eigenvalue weighted by Crippen LogP contribution is -2.46. The van der Waals surface area contributed by atoms with Crippen LogP contribution in [0.5, 0.6) is 11.5 Å². The summed E-state index contributed by atoms with van der Waals surface area (Å²) in [5.74, 6) is 8.02. The minimum atomic E-state index is -0.689. The number of aromatic hydroxyl groups is 1. The number of aliphatic imine (C=N–C) groups is 1. The van der Waals surface area contributed by atoms with E-state index in [1.807, 2.05) is 48.7 Å². The second-order valence-corrected chi connectivity index (χ2v) is 19.7. The van der Waals surface area contributed by atoms with E-state index < -0.39 is 29.5 Å². The summed E-state index contributed by atoms with van der Waals surface area (Å²) in [5.41, 5.74) is 10.4. The molecule has 4 aliphatic rings. The van der Waals surface area contributed by atoms with Crippen LogP contribution in [0.2, 0.25) is 0 Å². The molecule has 9 atom stereocenters. The molecule has 10 nitrogen and oxygen atoms in total. The van der Waals surface area contributed by atoms with E-state index in [1.54, 1.807) is 25.3 Å². The summed E-state index contributed by atoms with van der Waals surface area (Å²) in [7, 11) is 1.52. The molecule has 2 aromatic carbocycles. The number of anilines is 1. The van der Waals surface area contributed by atoms with Crippen molar-refractivity contribution in [2.24, 2.45) is 45.9 Å². The molecule has 0 radical (unpaired) electrons. The van der Waals surface area contributed by atoms with Crippen molar-refractivity contribution in [1.82, 2.24) is 10.3 Å². The monoisotopic (exact) mass is 884 g/mol. The zero-order chi connectivity index (χ0) is 46.1. The zero-order valence-corrected chi connectivity index (χ0v) is 39.0. The van der Waals surface area contributed by atoms with Gasteiger partial charge in [-0.15, -0.1) is 4.99 Å². The van der Waals surface area contributed by atoms with E-state index in [1.165, 1.54) is 7.11 Å². The third kappa shape index (κ3) is 11.5. The van der Waals surface area contributed by atoms with Crippen LogP contribution < -0.4 is 15.8 Å². The Balaban J connectivity index is 1.30. The van der Waals surface area contributed by atoms with Gasteiger partial charge in [-0.25, -0.2) is 4.98 Å². The molecule has 2 saturated carbocycles. The number of pyridine rings is 1. The first-order valence-electron chi connectivity index (χ1n) is 24.3. The molecule has 7 rings (SSSR count). The minimum Gasteiger partial charge on any atom is -0.504 e. The molecule has 0 amide bonds. The van der Waals surface area contributed by atoms with E-state index in [0.29, 0.717) is 50.3 Å². The number of fused-ring (bicyclic) bond motifs is 2. The van der Waals surface area contributed by atoms with Gasteiger partial charge in [0.05, 0.1) is 37.6 Å². The van der Waals surface area contributed by atoms with Gasteiger partial charge in [0, 0.05) is 37.5 Å².